The van der Waals surface area contributed by atoms with Crippen molar-refractivity contribution in [1.29, 1.82) is 0 Å². The number of hydrogen-bond donors (Lipinski definition) is 3. The highest BCUT2D eigenvalue weighted by Gasteiger charge is 2.15. The number of sulfonamides is 1. The SMILES string of the molecule is O=S(=O)(NCCNc1cc(-c2ccccc2O)nc2c(Br)cnn12)c1ccc(Br)cc1. The Balaban J connectivity index is 1.53. The maximum absolute atomic E-state index is 12.4. The second-order valence-corrected chi connectivity index (χ2v) is 10.1. The standard InChI is InChI=1S/C20H17Br2N5O3S/c21-13-5-7-14(8-6-13)31(29,30)25-10-9-23-19-11-17(15-3-1-2-4-18(15)28)26-20-16(22)12-24-27(19)20/h1-8,11-12,23,25,28H,9-10H2. The summed E-state index contributed by atoms with van der Waals surface area (Å²) in [5.74, 6) is 0.722. The number of anilines is 1. The molecule has 0 unspecified atom stereocenters. The summed E-state index contributed by atoms with van der Waals surface area (Å²) in [7, 11) is -3.61. The Hall–Kier alpha value is -2.47. The predicted octanol–water partition coefficient (Wildman–Crippen LogP) is 4.02. The number of nitrogens with zero attached hydrogens (tertiary/aromatic N) is 3. The smallest absolute Gasteiger partial charge is 0.240 e. The number of fused-ring (bicyclic) bond motifs is 1. The van der Waals surface area contributed by atoms with Crippen LogP contribution in [0.25, 0.3) is 16.9 Å². The summed E-state index contributed by atoms with van der Waals surface area (Å²) < 4.78 is 30.5. The van der Waals surface area contributed by atoms with Gasteiger partial charge in [-0.3, -0.25) is 0 Å². The van der Waals surface area contributed by atoms with Crippen molar-refractivity contribution in [2.75, 3.05) is 18.4 Å². The first-order valence-electron chi connectivity index (χ1n) is 9.17. The van der Waals surface area contributed by atoms with Gasteiger partial charge in [0.15, 0.2) is 5.65 Å². The van der Waals surface area contributed by atoms with Crippen molar-refractivity contribution in [2.24, 2.45) is 0 Å². The Morgan fingerprint density at radius 2 is 1.77 bits per heavy atom. The molecule has 2 heterocycles. The molecule has 0 bridgehead atoms. The fourth-order valence-corrected chi connectivity index (χ4v) is 4.61. The highest BCUT2D eigenvalue weighted by molar-refractivity contribution is 9.11. The topological polar surface area (TPSA) is 109 Å². The zero-order valence-corrected chi connectivity index (χ0v) is 19.9. The van der Waals surface area contributed by atoms with Crippen molar-refractivity contribution in [3.05, 3.63) is 69.7 Å². The van der Waals surface area contributed by atoms with Crippen LogP contribution >= 0.6 is 31.9 Å². The lowest BCUT2D eigenvalue weighted by molar-refractivity contribution is 0.477. The van der Waals surface area contributed by atoms with Crippen molar-refractivity contribution in [3.63, 3.8) is 0 Å². The van der Waals surface area contributed by atoms with Gasteiger partial charge < -0.3 is 10.4 Å². The van der Waals surface area contributed by atoms with Gasteiger partial charge in [0.05, 0.1) is 21.3 Å². The number of hydrogen-bond acceptors (Lipinski definition) is 6. The Labute approximate surface area is 195 Å². The highest BCUT2D eigenvalue weighted by atomic mass is 79.9. The van der Waals surface area contributed by atoms with Gasteiger partial charge in [-0.25, -0.2) is 18.1 Å². The molecule has 0 atom stereocenters. The molecule has 4 rings (SSSR count). The van der Waals surface area contributed by atoms with Crippen molar-refractivity contribution >= 4 is 53.3 Å². The van der Waals surface area contributed by atoms with E-state index in [2.05, 4.69) is 52.0 Å². The van der Waals surface area contributed by atoms with Crippen LogP contribution in [0, 0.1) is 0 Å². The molecule has 8 nitrogen and oxygen atoms in total. The van der Waals surface area contributed by atoms with E-state index in [1.807, 2.05) is 6.07 Å². The number of nitrogens with one attached hydrogen (secondary N) is 2. The quantitative estimate of drug-likeness (QED) is 0.292. The summed E-state index contributed by atoms with van der Waals surface area (Å²) >= 11 is 6.73. The number of aromatic hydroxyl groups is 1. The normalized spacial score (nSPS) is 11.7. The average molecular weight is 567 g/mol. The molecule has 3 N–H and O–H groups in total. The third kappa shape index (κ3) is 4.74. The van der Waals surface area contributed by atoms with Crippen LogP contribution in [0.5, 0.6) is 5.75 Å². The number of benzene rings is 2. The predicted molar refractivity (Wildman–Crippen MR) is 126 cm³/mol. The van der Waals surface area contributed by atoms with E-state index in [-0.39, 0.29) is 17.2 Å². The summed E-state index contributed by atoms with van der Waals surface area (Å²) in [6.07, 6.45) is 1.62. The Morgan fingerprint density at radius 1 is 1.03 bits per heavy atom. The minimum Gasteiger partial charge on any atom is -0.507 e. The molecule has 2 aromatic heterocycles. The van der Waals surface area contributed by atoms with Crippen molar-refractivity contribution < 1.29 is 13.5 Å². The summed E-state index contributed by atoms with van der Waals surface area (Å²) in [6.45, 7) is 0.475. The van der Waals surface area contributed by atoms with Gasteiger partial charge in [-0.05, 0) is 52.3 Å². The van der Waals surface area contributed by atoms with Crippen LogP contribution in [-0.2, 0) is 10.0 Å². The van der Waals surface area contributed by atoms with Crippen LogP contribution in [0.3, 0.4) is 0 Å². The lowest BCUT2D eigenvalue weighted by Gasteiger charge is -2.12. The first-order chi connectivity index (χ1) is 14.8. The number of para-hydroxylation sites is 1. The molecular formula is C20H17Br2N5O3S. The Kier molecular flexibility index (Phi) is 6.28. The third-order valence-corrected chi connectivity index (χ3v) is 7.02. The highest BCUT2D eigenvalue weighted by Crippen LogP contribution is 2.31. The average Bonchev–Trinajstić information content (AvgIpc) is 3.13. The van der Waals surface area contributed by atoms with Gasteiger partial charge in [0.1, 0.15) is 11.6 Å². The summed E-state index contributed by atoms with van der Waals surface area (Å²) in [5, 5.41) is 17.7. The minimum absolute atomic E-state index is 0.114. The molecule has 0 fully saturated rings. The van der Waals surface area contributed by atoms with Gasteiger partial charge in [-0.15, -0.1) is 0 Å². The van der Waals surface area contributed by atoms with Gasteiger partial charge >= 0.3 is 0 Å². The molecule has 0 aliphatic rings. The molecule has 0 saturated heterocycles. The lowest BCUT2D eigenvalue weighted by Crippen LogP contribution is -2.29. The molecule has 160 valence electrons. The fourth-order valence-electron chi connectivity index (χ4n) is 2.96. The molecule has 11 heteroatoms. The van der Waals surface area contributed by atoms with Gasteiger partial charge in [0, 0.05) is 29.2 Å². The second-order valence-electron chi connectivity index (χ2n) is 6.55. The number of rotatable bonds is 7. The van der Waals surface area contributed by atoms with E-state index in [1.54, 1.807) is 47.1 Å². The van der Waals surface area contributed by atoms with E-state index in [9.17, 15) is 13.5 Å². The zero-order valence-electron chi connectivity index (χ0n) is 16.0. The van der Waals surface area contributed by atoms with Crippen molar-refractivity contribution in [1.82, 2.24) is 19.3 Å². The first kappa shape index (κ1) is 21.8. The van der Waals surface area contributed by atoms with E-state index in [0.29, 0.717) is 33.7 Å². The number of halogens is 2. The molecule has 0 spiro atoms. The maximum Gasteiger partial charge on any atom is 0.240 e. The molecule has 0 saturated carbocycles. The number of phenols is 1. The van der Waals surface area contributed by atoms with Crippen LogP contribution in [0.15, 0.2) is 74.6 Å². The number of aromatic nitrogens is 3. The second kappa shape index (κ2) is 8.95. The Bertz CT molecular complexity index is 1340. The van der Waals surface area contributed by atoms with Crippen molar-refractivity contribution in [2.45, 2.75) is 4.90 Å². The summed E-state index contributed by atoms with van der Waals surface area (Å²) in [4.78, 5) is 4.77. The van der Waals surface area contributed by atoms with Gasteiger partial charge in [-0.1, -0.05) is 28.1 Å². The monoisotopic (exact) mass is 565 g/mol. The maximum atomic E-state index is 12.4. The van der Waals surface area contributed by atoms with E-state index in [0.717, 1.165) is 4.47 Å². The molecule has 4 aromatic rings. The molecule has 0 radical (unpaired) electrons. The largest absolute Gasteiger partial charge is 0.507 e. The third-order valence-electron chi connectivity index (χ3n) is 4.46. The molecule has 0 amide bonds. The molecule has 0 aliphatic heterocycles. The van der Waals surface area contributed by atoms with Crippen LogP contribution < -0.4 is 10.0 Å². The van der Waals surface area contributed by atoms with Crippen LogP contribution in [0.2, 0.25) is 0 Å². The molecule has 2 aromatic carbocycles. The molecule has 0 aliphatic carbocycles. The van der Waals surface area contributed by atoms with Crippen LogP contribution in [0.4, 0.5) is 5.82 Å². The van der Waals surface area contributed by atoms with E-state index in [4.69, 9.17) is 0 Å². The van der Waals surface area contributed by atoms with E-state index in [1.165, 1.54) is 12.1 Å². The zero-order chi connectivity index (χ0) is 22.0. The summed E-state index contributed by atoms with van der Waals surface area (Å²) in [6, 6.07) is 15.1. The fraction of sp³-hybridized carbons (Fsp3) is 0.100. The van der Waals surface area contributed by atoms with Crippen LogP contribution in [0.1, 0.15) is 0 Å². The minimum atomic E-state index is -3.61. The van der Waals surface area contributed by atoms with E-state index < -0.39 is 10.0 Å². The molecule has 31 heavy (non-hydrogen) atoms. The Morgan fingerprint density at radius 3 is 2.52 bits per heavy atom. The van der Waals surface area contributed by atoms with Gasteiger partial charge in [0.2, 0.25) is 10.0 Å². The lowest BCUT2D eigenvalue weighted by atomic mass is 10.1. The van der Waals surface area contributed by atoms with Crippen molar-refractivity contribution in [3.8, 4) is 17.0 Å². The first-order valence-corrected chi connectivity index (χ1v) is 12.2. The van der Waals surface area contributed by atoms with Gasteiger partial charge in [0.25, 0.3) is 0 Å². The van der Waals surface area contributed by atoms with Gasteiger partial charge in [-0.2, -0.15) is 9.61 Å². The van der Waals surface area contributed by atoms with Crippen LogP contribution in [-0.4, -0.2) is 41.2 Å². The summed E-state index contributed by atoms with van der Waals surface area (Å²) in [5.41, 5.74) is 1.71. The molecular weight excluding hydrogens is 550 g/mol. The number of phenolic OH excluding ortho intramolecular Hbond substituents is 1. The van der Waals surface area contributed by atoms with E-state index >= 15 is 0 Å².